The number of rotatable bonds is 8. The molecule has 0 spiro atoms. The van der Waals surface area contributed by atoms with E-state index in [0.717, 1.165) is 25.2 Å². The predicted molar refractivity (Wildman–Crippen MR) is 110 cm³/mol. The average Bonchev–Trinajstić information content (AvgIpc) is 2.69. The molecule has 0 aliphatic heterocycles. The second-order valence-electron chi connectivity index (χ2n) is 6.80. The number of hydrogen-bond acceptors (Lipinski definition) is 2. The van der Waals surface area contributed by atoms with Crippen molar-refractivity contribution >= 4 is 5.91 Å². The lowest BCUT2D eigenvalue weighted by Crippen LogP contribution is -2.36. The van der Waals surface area contributed by atoms with Gasteiger partial charge < -0.3 is 5.32 Å². The largest absolute Gasteiger partial charge is 0.348 e. The van der Waals surface area contributed by atoms with Gasteiger partial charge in [0, 0.05) is 26.6 Å². The van der Waals surface area contributed by atoms with E-state index in [1.165, 1.54) is 11.1 Å². The first-order valence-electron chi connectivity index (χ1n) is 9.33. The lowest BCUT2D eigenvalue weighted by molar-refractivity contribution is -0.119. The first kappa shape index (κ1) is 18.9. The highest BCUT2D eigenvalue weighted by Gasteiger charge is 2.18. The van der Waals surface area contributed by atoms with Crippen molar-refractivity contribution in [3.63, 3.8) is 0 Å². The zero-order valence-electron chi connectivity index (χ0n) is 15.7. The monoisotopic (exact) mass is 358 g/mol. The minimum absolute atomic E-state index is 0.0109. The van der Waals surface area contributed by atoms with Crippen molar-refractivity contribution in [2.75, 3.05) is 6.54 Å². The van der Waals surface area contributed by atoms with E-state index in [4.69, 9.17) is 0 Å². The van der Waals surface area contributed by atoms with E-state index >= 15 is 0 Å². The van der Waals surface area contributed by atoms with Crippen LogP contribution in [0.2, 0.25) is 0 Å². The van der Waals surface area contributed by atoms with Crippen LogP contribution in [0.4, 0.5) is 0 Å². The van der Waals surface area contributed by atoms with Gasteiger partial charge in [-0.05, 0) is 16.7 Å². The third-order valence-electron chi connectivity index (χ3n) is 4.52. The molecule has 3 rings (SSSR count). The maximum Gasteiger partial charge on any atom is 0.217 e. The summed E-state index contributed by atoms with van der Waals surface area (Å²) in [5.41, 5.74) is 3.66. The minimum atomic E-state index is -0.0453. The average molecular weight is 358 g/mol. The van der Waals surface area contributed by atoms with E-state index in [9.17, 15) is 4.79 Å². The number of carbonyl (C=O) groups is 1. The zero-order chi connectivity index (χ0) is 18.9. The van der Waals surface area contributed by atoms with Crippen LogP contribution in [0.25, 0.3) is 0 Å². The summed E-state index contributed by atoms with van der Waals surface area (Å²) < 4.78 is 0. The maximum atomic E-state index is 11.8. The molecule has 1 atom stereocenters. The molecule has 1 N–H and O–H groups in total. The molecule has 0 bridgehead atoms. The van der Waals surface area contributed by atoms with Crippen molar-refractivity contribution in [2.24, 2.45) is 0 Å². The first-order chi connectivity index (χ1) is 13.2. The van der Waals surface area contributed by atoms with Gasteiger partial charge in [0.1, 0.15) is 0 Å². The molecular formula is C24H26N2O. The Labute approximate surface area is 161 Å². The van der Waals surface area contributed by atoms with Crippen molar-refractivity contribution in [2.45, 2.75) is 26.1 Å². The quantitative estimate of drug-likeness (QED) is 0.640. The molecule has 0 aromatic heterocycles. The first-order valence-corrected chi connectivity index (χ1v) is 9.33. The molecule has 0 radical (unpaired) electrons. The van der Waals surface area contributed by atoms with Crippen LogP contribution in [0, 0.1) is 0 Å². The number of nitrogens with zero attached hydrogens (tertiary/aromatic N) is 1. The number of carbonyl (C=O) groups excluding carboxylic acids is 1. The van der Waals surface area contributed by atoms with Gasteiger partial charge in [-0.1, -0.05) is 91.0 Å². The summed E-state index contributed by atoms with van der Waals surface area (Å²) >= 11 is 0. The Hall–Kier alpha value is -2.91. The van der Waals surface area contributed by atoms with E-state index in [1.807, 2.05) is 30.3 Å². The molecule has 3 heteroatoms. The molecule has 138 valence electrons. The van der Waals surface area contributed by atoms with Crippen LogP contribution < -0.4 is 5.32 Å². The Morgan fingerprint density at radius 1 is 0.778 bits per heavy atom. The Bertz CT molecular complexity index is 777. The highest BCUT2D eigenvalue weighted by molar-refractivity contribution is 5.73. The molecule has 3 nitrogen and oxygen atoms in total. The van der Waals surface area contributed by atoms with Gasteiger partial charge in [-0.25, -0.2) is 0 Å². The standard InChI is InChI=1S/C24H26N2O/c1-20(27)25-24(23-15-9-4-10-16-23)19-26(17-21-11-5-2-6-12-21)18-22-13-7-3-8-14-22/h2-16,24H,17-19H2,1H3,(H,25,27)/t24-/m0/s1. The van der Waals surface area contributed by atoms with Crippen molar-refractivity contribution < 1.29 is 4.79 Å². The summed E-state index contributed by atoms with van der Waals surface area (Å²) in [7, 11) is 0. The molecule has 0 unspecified atom stereocenters. The third-order valence-corrected chi connectivity index (χ3v) is 4.52. The summed E-state index contributed by atoms with van der Waals surface area (Å²) in [5.74, 6) is -0.0109. The van der Waals surface area contributed by atoms with Gasteiger partial charge in [-0.2, -0.15) is 0 Å². The van der Waals surface area contributed by atoms with Gasteiger partial charge in [0.2, 0.25) is 5.91 Å². The number of amides is 1. The fraction of sp³-hybridized carbons (Fsp3) is 0.208. The fourth-order valence-electron chi connectivity index (χ4n) is 3.29. The van der Waals surface area contributed by atoms with Crippen LogP contribution in [0.5, 0.6) is 0 Å². The molecule has 0 heterocycles. The van der Waals surface area contributed by atoms with Gasteiger partial charge in [0.05, 0.1) is 6.04 Å². The normalized spacial score (nSPS) is 11.9. The van der Waals surface area contributed by atoms with E-state index < -0.39 is 0 Å². The van der Waals surface area contributed by atoms with Gasteiger partial charge in [-0.15, -0.1) is 0 Å². The molecule has 1 amide bonds. The number of hydrogen-bond donors (Lipinski definition) is 1. The molecule has 0 aliphatic carbocycles. The molecule has 0 fully saturated rings. The van der Waals surface area contributed by atoms with Crippen molar-refractivity contribution in [3.8, 4) is 0 Å². The van der Waals surface area contributed by atoms with Gasteiger partial charge in [-0.3, -0.25) is 9.69 Å². The van der Waals surface area contributed by atoms with E-state index in [0.29, 0.717) is 0 Å². The smallest absolute Gasteiger partial charge is 0.217 e. The SMILES string of the molecule is CC(=O)N[C@@H](CN(Cc1ccccc1)Cc1ccccc1)c1ccccc1. The van der Waals surface area contributed by atoms with Crippen molar-refractivity contribution in [1.29, 1.82) is 0 Å². The summed E-state index contributed by atoms with van der Waals surface area (Å²) in [4.78, 5) is 14.2. The molecule has 0 saturated carbocycles. The highest BCUT2D eigenvalue weighted by Crippen LogP contribution is 2.18. The predicted octanol–water partition coefficient (Wildman–Crippen LogP) is 4.57. The van der Waals surface area contributed by atoms with Crippen LogP contribution in [0.1, 0.15) is 29.7 Å². The van der Waals surface area contributed by atoms with E-state index in [1.54, 1.807) is 6.92 Å². The second-order valence-corrected chi connectivity index (χ2v) is 6.80. The van der Waals surface area contributed by atoms with Crippen LogP contribution >= 0.6 is 0 Å². The lowest BCUT2D eigenvalue weighted by Gasteiger charge is -2.28. The Balaban J connectivity index is 1.82. The van der Waals surface area contributed by atoms with Crippen LogP contribution in [0.3, 0.4) is 0 Å². The third kappa shape index (κ3) is 6.08. The van der Waals surface area contributed by atoms with Crippen LogP contribution in [0.15, 0.2) is 91.0 Å². The summed E-state index contributed by atoms with van der Waals surface area (Å²) in [6, 6.07) is 31.1. The molecular weight excluding hydrogens is 332 g/mol. The van der Waals surface area contributed by atoms with Crippen molar-refractivity contribution in [3.05, 3.63) is 108 Å². The molecule has 0 aliphatic rings. The summed E-state index contributed by atoms with van der Waals surface area (Å²) in [6.07, 6.45) is 0. The van der Waals surface area contributed by atoms with Crippen LogP contribution in [-0.2, 0) is 17.9 Å². The highest BCUT2D eigenvalue weighted by atomic mass is 16.1. The van der Waals surface area contributed by atoms with E-state index in [2.05, 4.69) is 70.9 Å². The Kier molecular flexibility index (Phi) is 6.78. The molecule has 3 aromatic carbocycles. The van der Waals surface area contributed by atoms with Gasteiger partial charge in [0.15, 0.2) is 0 Å². The number of nitrogens with one attached hydrogen (secondary N) is 1. The van der Waals surface area contributed by atoms with Gasteiger partial charge >= 0.3 is 0 Å². The maximum absolute atomic E-state index is 11.8. The summed E-state index contributed by atoms with van der Waals surface area (Å²) in [5, 5.41) is 3.12. The topological polar surface area (TPSA) is 32.3 Å². The zero-order valence-corrected chi connectivity index (χ0v) is 15.7. The molecule has 27 heavy (non-hydrogen) atoms. The minimum Gasteiger partial charge on any atom is -0.348 e. The number of benzene rings is 3. The van der Waals surface area contributed by atoms with Crippen molar-refractivity contribution in [1.82, 2.24) is 10.2 Å². The second kappa shape index (κ2) is 9.70. The van der Waals surface area contributed by atoms with Gasteiger partial charge in [0.25, 0.3) is 0 Å². The molecule has 0 saturated heterocycles. The lowest BCUT2D eigenvalue weighted by atomic mass is 10.0. The summed E-state index contributed by atoms with van der Waals surface area (Å²) in [6.45, 7) is 3.99. The Morgan fingerprint density at radius 3 is 1.67 bits per heavy atom. The van der Waals surface area contributed by atoms with E-state index in [-0.39, 0.29) is 11.9 Å². The van der Waals surface area contributed by atoms with Crippen LogP contribution in [-0.4, -0.2) is 17.4 Å². The molecule has 3 aromatic rings. The Morgan fingerprint density at radius 2 is 1.22 bits per heavy atom. The fourth-order valence-corrected chi connectivity index (χ4v) is 3.29.